The van der Waals surface area contributed by atoms with Gasteiger partial charge in [-0.3, -0.25) is 0 Å². The number of halogens is 6. The topological polar surface area (TPSA) is 18.5 Å². The molecule has 2 aromatic heterocycles. The van der Waals surface area contributed by atoms with E-state index in [4.69, 9.17) is 9.47 Å². The van der Waals surface area contributed by atoms with Crippen molar-refractivity contribution in [1.29, 1.82) is 0 Å². The number of alkyl halides is 6. The Kier molecular flexibility index (Phi) is 6.86. The largest absolute Gasteiger partial charge is 0.487 e. The lowest BCUT2D eigenvalue weighted by Gasteiger charge is -2.26. The number of rotatable bonds is 6. The Morgan fingerprint density at radius 1 is 0.625 bits per heavy atom. The Morgan fingerprint density at radius 2 is 1.02 bits per heavy atom. The van der Waals surface area contributed by atoms with Crippen LogP contribution in [0.1, 0.15) is 31.9 Å². The summed E-state index contributed by atoms with van der Waals surface area (Å²) in [5.41, 5.74) is -3.72. The lowest BCUT2D eigenvalue weighted by molar-refractivity contribution is -0.254. The molecule has 5 rings (SSSR count). The highest BCUT2D eigenvalue weighted by Gasteiger charge is 2.80. The molecule has 1 aliphatic rings. The number of benzene rings is 2. The van der Waals surface area contributed by atoms with Crippen LogP contribution >= 0.6 is 22.7 Å². The number of thiophene rings is 2. The minimum atomic E-state index is -5.71. The molecule has 1 aliphatic carbocycles. The van der Waals surface area contributed by atoms with Crippen LogP contribution < -0.4 is 9.47 Å². The maximum Gasteiger partial charge on any atom is 0.380 e. The van der Waals surface area contributed by atoms with Crippen molar-refractivity contribution in [2.45, 2.75) is 44.1 Å². The van der Waals surface area contributed by atoms with E-state index in [9.17, 15) is 0 Å². The molecule has 0 saturated carbocycles. The fourth-order valence-corrected chi connectivity index (χ4v) is 6.70. The minimum Gasteiger partial charge on any atom is -0.487 e. The van der Waals surface area contributed by atoms with Crippen molar-refractivity contribution >= 4 is 33.8 Å². The van der Waals surface area contributed by atoms with Gasteiger partial charge in [0.15, 0.2) is 10.1 Å². The number of hydrogen-bond donors (Lipinski definition) is 0. The van der Waals surface area contributed by atoms with E-state index in [0.717, 1.165) is 22.7 Å². The van der Waals surface area contributed by atoms with Gasteiger partial charge in [-0.05, 0) is 44.0 Å². The molecule has 2 aromatic carbocycles. The summed E-state index contributed by atoms with van der Waals surface area (Å²) in [6, 6.07) is 19.6. The summed E-state index contributed by atoms with van der Waals surface area (Å²) in [5, 5.41) is -0.346. The molecule has 2 heterocycles. The molecule has 0 aliphatic heterocycles. The third-order valence-corrected chi connectivity index (χ3v) is 8.51. The van der Waals surface area contributed by atoms with Gasteiger partial charge in [0, 0.05) is 32.0 Å². The van der Waals surface area contributed by atoms with Crippen molar-refractivity contribution < 1.29 is 35.8 Å². The second-order valence-electron chi connectivity index (χ2n) is 10.2. The van der Waals surface area contributed by atoms with E-state index in [2.05, 4.69) is 0 Å². The average molecular weight is 595 g/mol. The van der Waals surface area contributed by atoms with Crippen LogP contribution in [0, 0.1) is 0 Å². The maximum atomic E-state index is 15.7. The summed E-state index contributed by atoms with van der Waals surface area (Å²) < 4.78 is 104. The van der Waals surface area contributed by atoms with Gasteiger partial charge in [-0.1, -0.05) is 83.3 Å². The molecule has 0 amide bonds. The number of methoxy groups -OCH3 is 1. The molecule has 40 heavy (non-hydrogen) atoms. The second-order valence-corrected chi connectivity index (χ2v) is 12.3. The first-order chi connectivity index (χ1) is 18.7. The molecule has 4 aromatic rings. The molecule has 0 radical (unpaired) electrons. The molecule has 0 N–H and O–H groups in total. The van der Waals surface area contributed by atoms with Crippen LogP contribution in [0.25, 0.3) is 32.0 Å². The van der Waals surface area contributed by atoms with Gasteiger partial charge in [-0.25, -0.2) is 0 Å². The highest BCUT2D eigenvalue weighted by atomic mass is 32.1. The average Bonchev–Trinajstić information content (AvgIpc) is 3.53. The monoisotopic (exact) mass is 594 g/mol. The van der Waals surface area contributed by atoms with Crippen molar-refractivity contribution in [2.24, 2.45) is 0 Å². The number of hydrogen-bond acceptors (Lipinski definition) is 4. The summed E-state index contributed by atoms with van der Waals surface area (Å²) in [5.74, 6) is -16.2. The van der Waals surface area contributed by atoms with Gasteiger partial charge in [-0.15, -0.1) is 0 Å². The standard InChI is InChI=1S/C30H24F6O2S2/c1-27(2,3)38-26-20(16-22(40-26)18-13-9-6-10-14-18)24-23(28(31,32)30(35,36)29(24,33)34)19-15-21(39-25(19)37-4)17-11-7-5-8-12-17/h5-16H,1-4H3. The van der Waals surface area contributed by atoms with Crippen LogP contribution in [0.2, 0.25) is 0 Å². The lowest BCUT2D eigenvalue weighted by Crippen LogP contribution is -2.48. The summed E-state index contributed by atoms with van der Waals surface area (Å²) in [6.45, 7) is 4.95. The van der Waals surface area contributed by atoms with Crippen molar-refractivity contribution in [2.75, 3.05) is 7.11 Å². The second kappa shape index (κ2) is 9.69. The molecule has 0 bridgehead atoms. The van der Waals surface area contributed by atoms with Crippen molar-refractivity contribution in [1.82, 2.24) is 0 Å². The first-order valence-electron chi connectivity index (χ1n) is 12.2. The quantitative estimate of drug-likeness (QED) is 0.207. The minimum absolute atomic E-state index is 0.162. The zero-order chi connectivity index (χ0) is 29.1. The van der Waals surface area contributed by atoms with Crippen molar-refractivity contribution in [3.05, 3.63) is 83.9 Å². The SMILES string of the molecule is COc1sc(-c2ccccc2)cc1C1=C(c2cc(-c3ccccc3)sc2OC(C)(C)C)C(F)(F)C(F)(F)C1(F)F. The molecule has 0 saturated heterocycles. The number of ether oxygens (including phenoxy) is 2. The van der Waals surface area contributed by atoms with Gasteiger partial charge in [0.05, 0.1) is 7.11 Å². The fourth-order valence-electron chi connectivity index (χ4n) is 4.52. The summed E-state index contributed by atoms with van der Waals surface area (Å²) in [4.78, 5) is 0.799. The fraction of sp³-hybridized carbons (Fsp3) is 0.267. The van der Waals surface area contributed by atoms with Crippen LogP contribution in [0.4, 0.5) is 26.3 Å². The molecule has 210 valence electrons. The van der Waals surface area contributed by atoms with Crippen LogP contribution in [0.5, 0.6) is 10.1 Å². The van der Waals surface area contributed by atoms with Gasteiger partial charge in [-0.2, -0.15) is 26.3 Å². The van der Waals surface area contributed by atoms with E-state index in [0.29, 0.717) is 20.9 Å². The highest BCUT2D eigenvalue weighted by Crippen LogP contribution is 2.67. The predicted molar refractivity (Wildman–Crippen MR) is 148 cm³/mol. The molecule has 2 nitrogen and oxygen atoms in total. The highest BCUT2D eigenvalue weighted by molar-refractivity contribution is 7.18. The first kappa shape index (κ1) is 28.3. The van der Waals surface area contributed by atoms with Gasteiger partial charge in [0.2, 0.25) is 0 Å². The van der Waals surface area contributed by atoms with Crippen LogP contribution in [0.15, 0.2) is 72.8 Å². The Bertz CT molecular complexity index is 1560. The van der Waals surface area contributed by atoms with Gasteiger partial charge >= 0.3 is 17.8 Å². The summed E-state index contributed by atoms with van der Waals surface area (Å²) >= 11 is 1.83. The third kappa shape index (κ3) is 4.51. The summed E-state index contributed by atoms with van der Waals surface area (Å²) in [6.07, 6.45) is 0. The molecular formula is C30H24F6O2S2. The zero-order valence-electron chi connectivity index (χ0n) is 21.8. The zero-order valence-corrected chi connectivity index (χ0v) is 23.5. The smallest absolute Gasteiger partial charge is 0.380 e. The lowest BCUT2D eigenvalue weighted by atomic mass is 9.96. The van der Waals surface area contributed by atoms with Gasteiger partial charge < -0.3 is 9.47 Å². The Morgan fingerprint density at radius 3 is 1.43 bits per heavy atom. The molecule has 0 atom stereocenters. The Labute approximate surface area is 235 Å². The Hall–Kier alpha value is -3.24. The van der Waals surface area contributed by atoms with E-state index in [1.165, 1.54) is 19.2 Å². The van der Waals surface area contributed by atoms with Crippen LogP contribution in [-0.2, 0) is 0 Å². The third-order valence-electron chi connectivity index (χ3n) is 6.30. The van der Waals surface area contributed by atoms with E-state index < -0.39 is 45.6 Å². The predicted octanol–water partition coefficient (Wildman–Crippen LogP) is 10.2. The van der Waals surface area contributed by atoms with E-state index in [1.54, 1.807) is 81.4 Å². The van der Waals surface area contributed by atoms with E-state index >= 15 is 26.3 Å². The molecular weight excluding hydrogens is 570 g/mol. The first-order valence-corrected chi connectivity index (χ1v) is 13.8. The van der Waals surface area contributed by atoms with E-state index in [1.807, 2.05) is 0 Å². The molecule has 10 heteroatoms. The van der Waals surface area contributed by atoms with Crippen molar-refractivity contribution in [3.8, 4) is 31.0 Å². The Balaban J connectivity index is 1.84. The van der Waals surface area contributed by atoms with Crippen LogP contribution in [0.3, 0.4) is 0 Å². The molecule has 0 unspecified atom stereocenters. The van der Waals surface area contributed by atoms with Gasteiger partial charge in [0.25, 0.3) is 0 Å². The van der Waals surface area contributed by atoms with Gasteiger partial charge in [0.1, 0.15) is 5.60 Å². The van der Waals surface area contributed by atoms with Crippen LogP contribution in [-0.4, -0.2) is 30.5 Å². The maximum absolute atomic E-state index is 15.7. The summed E-state index contributed by atoms with van der Waals surface area (Å²) in [7, 11) is 1.18. The van der Waals surface area contributed by atoms with Crippen molar-refractivity contribution in [3.63, 3.8) is 0 Å². The normalized spacial score (nSPS) is 17.8. The number of allylic oxidation sites excluding steroid dienone is 2. The van der Waals surface area contributed by atoms with E-state index in [-0.39, 0.29) is 10.1 Å². The molecule has 0 fully saturated rings. The molecule has 0 spiro atoms.